The van der Waals surface area contributed by atoms with Gasteiger partial charge in [-0.15, -0.1) is 0 Å². The Morgan fingerprint density at radius 1 is 1.26 bits per heavy atom. The maximum atomic E-state index is 11.7. The van der Waals surface area contributed by atoms with Gasteiger partial charge in [-0.3, -0.25) is 9.00 Å². The maximum absolute atomic E-state index is 11.7. The van der Waals surface area contributed by atoms with Gasteiger partial charge in [-0.05, 0) is 25.0 Å². The van der Waals surface area contributed by atoms with Gasteiger partial charge in [0.2, 0.25) is 5.91 Å². The molecule has 4 nitrogen and oxygen atoms in total. The Morgan fingerprint density at radius 3 is 2.63 bits per heavy atom. The van der Waals surface area contributed by atoms with Gasteiger partial charge < -0.3 is 11.1 Å². The van der Waals surface area contributed by atoms with E-state index in [-0.39, 0.29) is 5.91 Å². The monoisotopic (exact) mass is 282 g/mol. The zero-order chi connectivity index (χ0) is 14.1. The minimum Gasteiger partial charge on any atom is -0.397 e. The van der Waals surface area contributed by atoms with E-state index in [1.165, 1.54) is 0 Å². The summed E-state index contributed by atoms with van der Waals surface area (Å²) < 4.78 is 11.6. The number of amides is 1. The second kappa shape index (κ2) is 8.69. The number of rotatable bonds is 8. The van der Waals surface area contributed by atoms with Gasteiger partial charge in [0.25, 0.3) is 0 Å². The van der Waals surface area contributed by atoms with Crippen LogP contribution in [0.2, 0.25) is 0 Å². The van der Waals surface area contributed by atoms with Crippen molar-refractivity contribution in [3.8, 4) is 0 Å². The van der Waals surface area contributed by atoms with E-state index in [4.69, 9.17) is 5.73 Å². The molecule has 0 aliphatic carbocycles. The minimum atomic E-state index is -0.792. The molecule has 5 heteroatoms. The molecular weight excluding hydrogens is 260 g/mol. The Morgan fingerprint density at radius 2 is 1.95 bits per heavy atom. The minimum absolute atomic E-state index is 0.0783. The van der Waals surface area contributed by atoms with E-state index in [9.17, 15) is 9.00 Å². The molecule has 0 saturated heterocycles. The van der Waals surface area contributed by atoms with Gasteiger partial charge in [0, 0.05) is 28.7 Å². The first-order valence-electron chi connectivity index (χ1n) is 6.62. The average molecular weight is 282 g/mol. The molecule has 0 aliphatic rings. The summed E-state index contributed by atoms with van der Waals surface area (Å²) in [4.78, 5) is 11.7. The van der Waals surface area contributed by atoms with E-state index in [1.807, 2.05) is 12.1 Å². The molecule has 0 saturated carbocycles. The molecule has 1 unspecified atom stereocenters. The fraction of sp³-hybridized carbons (Fsp3) is 0.500. The Bertz CT molecular complexity index is 435. The molecule has 0 aromatic heterocycles. The number of nitrogens with one attached hydrogen (secondary N) is 1. The van der Waals surface area contributed by atoms with Crippen molar-refractivity contribution in [1.82, 2.24) is 0 Å². The van der Waals surface area contributed by atoms with Crippen LogP contribution in [0.15, 0.2) is 24.3 Å². The molecule has 0 radical (unpaired) electrons. The highest BCUT2D eigenvalue weighted by atomic mass is 32.2. The van der Waals surface area contributed by atoms with E-state index in [0.717, 1.165) is 18.6 Å². The lowest BCUT2D eigenvalue weighted by Gasteiger charge is -2.07. The number of anilines is 2. The zero-order valence-electron chi connectivity index (χ0n) is 11.4. The highest BCUT2D eigenvalue weighted by Gasteiger charge is 2.06. The summed E-state index contributed by atoms with van der Waals surface area (Å²) in [5.74, 6) is 1.26. The molecule has 1 aromatic rings. The van der Waals surface area contributed by atoms with Gasteiger partial charge in [0.1, 0.15) is 0 Å². The number of hydrogen-bond acceptors (Lipinski definition) is 3. The first-order chi connectivity index (χ1) is 9.13. The third kappa shape index (κ3) is 6.38. The van der Waals surface area contributed by atoms with Gasteiger partial charge in [0.05, 0.1) is 11.4 Å². The average Bonchev–Trinajstić information content (AvgIpc) is 2.39. The Hall–Kier alpha value is -1.36. The van der Waals surface area contributed by atoms with Crippen molar-refractivity contribution >= 4 is 28.1 Å². The first kappa shape index (κ1) is 15.7. The first-order valence-corrected chi connectivity index (χ1v) is 8.11. The van der Waals surface area contributed by atoms with Crippen LogP contribution in [0.5, 0.6) is 0 Å². The van der Waals surface area contributed by atoms with Crippen LogP contribution in [0.1, 0.15) is 32.6 Å². The van der Waals surface area contributed by atoms with Crippen LogP contribution in [-0.4, -0.2) is 21.6 Å². The molecular formula is C14H22N2O2S. The van der Waals surface area contributed by atoms with Crippen molar-refractivity contribution in [2.75, 3.05) is 22.6 Å². The molecule has 0 heterocycles. The van der Waals surface area contributed by atoms with Crippen molar-refractivity contribution in [3.05, 3.63) is 24.3 Å². The third-order valence-corrected chi connectivity index (χ3v) is 4.22. The van der Waals surface area contributed by atoms with Gasteiger partial charge in [-0.1, -0.05) is 25.5 Å². The Labute approximate surface area is 117 Å². The van der Waals surface area contributed by atoms with Crippen molar-refractivity contribution in [2.45, 2.75) is 32.6 Å². The van der Waals surface area contributed by atoms with Gasteiger partial charge in [0.15, 0.2) is 0 Å². The molecule has 1 rings (SSSR count). The van der Waals surface area contributed by atoms with E-state index in [0.29, 0.717) is 30.0 Å². The lowest BCUT2D eigenvalue weighted by atomic mass is 10.2. The number of unbranched alkanes of at least 4 members (excludes halogenated alkanes) is 1. The van der Waals surface area contributed by atoms with Gasteiger partial charge >= 0.3 is 0 Å². The lowest BCUT2D eigenvalue weighted by Crippen LogP contribution is -2.14. The predicted octanol–water partition coefficient (Wildman–Crippen LogP) is 2.54. The Balaban J connectivity index is 2.25. The molecule has 1 atom stereocenters. The summed E-state index contributed by atoms with van der Waals surface area (Å²) in [5.41, 5.74) is 6.93. The summed E-state index contributed by atoms with van der Waals surface area (Å²) in [6.45, 7) is 2.08. The van der Waals surface area contributed by atoms with Crippen LogP contribution in [0, 0.1) is 0 Å². The van der Waals surface area contributed by atoms with E-state index in [2.05, 4.69) is 12.2 Å². The van der Waals surface area contributed by atoms with Crippen molar-refractivity contribution < 1.29 is 9.00 Å². The van der Waals surface area contributed by atoms with Crippen LogP contribution in [0.25, 0.3) is 0 Å². The van der Waals surface area contributed by atoms with Crippen molar-refractivity contribution in [2.24, 2.45) is 0 Å². The summed E-state index contributed by atoms with van der Waals surface area (Å²) >= 11 is 0. The van der Waals surface area contributed by atoms with Crippen LogP contribution >= 0.6 is 0 Å². The van der Waals surface area contributed by atoms with Gasteiger partial charge in [-0.25, -0.2) is 0 Å². The number of carbonyl (C=O) groups excluding carboxylic acids is 1. The number of carbonyl (C=O) groups is 1. The van der Waals surface area contributed by atoms with Crippen LogP contribution in [-0.2, 0) is 15.6 Å². The van der Waals surface area contributed by atoms with Crippen LogP contribution in [0.3, 0.4) is 0 Å². The molecule has 3 N–H and O–H groups in total. The third-order valence-electron chi connectivity index (χ3n) is 2.74. The zero-order valence-corrected chi connectivity index (χ0v) is 12.2. The van der Waals surface area contributed by atoms with Gasteiger partial charge in [-0.2, -0.15) is 0 Å². The fourth-order valence-corrected chi connectivity index (χ4v) is 2.91. The highest BCUT2D eigenvalue weighted by Crippen LogP contribution is 2.16. The summed E-state index contributed by atoms with van der Waals surface area (Å²) in [7, 11) is -0.792. The van der Waals surface area contributed by atoms with E-state index >= 15 is 0 Å². The molecule has 0 fully saturated rings. The topological polar surface area (TPSA) is 72.2 Å². The molecule has 0 spiro atoms. The SMILES string of the molecule is CCCCS(=O)CCCC(=O)Nc1ccccc1N. The Kier molecular flexibility index (Phi) is 7.18. The fourth-order valence-electron chi connectivity index (χ4n) is 1.62. The lowest BCUT2D eigenvalue weighted by molar-refractivity contribution is -0.116. The molecule has 1 aromatic carbocycles. The summed E-state index contributed by atoms with van der Waals surface area (Å²) in [5, 5.41) is 2.76. The summed E-state index contributed by atoms with van der Waals surface area (Å²) in [6.07, 6.45) is 3.07. The predicted molar refractivity (Wildman–Crippen MR) is 81.5 cm³/mol. The van der Waals surface area contributed by atoms with Crippen molar-refractivity contribution in [3.63, 3.8) is 0 Å². The molecule has 0 aliphatic heterocycles. The van der Waals surface area contributed by atoms with Crippen LogP contribution in [0.4, 0.5) is 11.4 Å². The van der Waals surface area contributed by atoms with Crippen molar-refractivity contribution in [1.29, 1.82) is 0 Å². The standard InChI is InChI=1S/C14H22N2O2S/c1-2-3-10-19(18)11-6-9-14(17)16-13-8-5-4-7-12(13)15/h4-5,7-8H,2-3,6,9-11,15H2,1H3,(H,16,17). The normalized spacial score (nSPS) is 12.1. The second-order valence-electron chi connectivity index (χ2n) is 4.44. The largest absolute Gasteiger partial charge is 0.397 e. The maximum Gasteiger partial charge on any atom is 0.224 e. The van der Waals surface area contributed by atoms with Crippen LogP contribution < -0.4 is 11.1 Å². The molecule has 1 amide bonds. The molecule has 19 heavy (non-hydrogen) atoms. The molecule has 106 valence electrons. The van der Waals surface area contributed by atoms with E-state index in [1.54, 1.807) is 12.1 Å². The molecule has 0 bridgehead atoms. The number of benzene rings is 1. The number of para-hydroxylation sites is 2. The second-order valence-corrected chi connectivity index (χ2v) is 6.14. The number of hydrogen-bond donors (Lipinski definition) is 2. The van der Waals surface area contributed by atoms with E-state index < -0.39 is 10.8 Å². The smallest absolute Gasteiger partial charge is 0.224 e. The number of nitrogens with two attached hydrogens (primary N) is 1. The number of nitrogen functional groups attached to an aromatic ring is 1. The highest BCUT2D eigenvalue weighted by molar-refractivity contribution is 7.84. The summed E-state index contributed by atoms with van der Waals surface area (Å²) in [6, 6.07) is 7.16. The quantitative estimate of drug-likeness (QED) is 0.720.